The second kappa shape index (κ2) is 6.55. The Morgan fingerprint density at radius 1 is 1.38 bits per heavy atom. The maximum atomic E-state index is 11.8. The number of hydrogen-bond donors (Lipinski definition) is 5. The van der Waals surface area contributed by atoms with Gasteiger partial charge in [-0.2, -0.15) is 0 Å². The van der Waals surface area contributed by atoms with Crippen LogP contribution in [0.25, 0.3) is 0 Å². The van der Waals surface area contributed by atoms with Gasteiger partial charge in [0, 0.05) is 30.7 Å². The number of carboxylic acids is 1. The molecule has 2 atom stereocenters. The zero-order chi connectivity index (χ0) is 15.2. The summed E-state index contributed by atoms with van der Waals surface area (Å²) in [5.41, 5.74) is 0.627. The number of aromatic amines is 2. The van der Waals surface area contributed by atoms with Crippen molar-refractivity contribution in [1.29, 1.82) is 0 Å². The lowest BCUT2D eigenvalue weighted by molar-refractivity contribution is -0.139. The number of nitrogens with zero attached hydrogens (tertiary/aromatic N) is 2. The number of hydrogen-bond acceptors (Lipinski definition) is 4. The molecule has 0 aliphatic heterocycles. The van der Waals surface area contributed by atoms with Crippen LogP contribution in [-0.4, -0.2) is 43.1 Å². The molecule has 9 heteroatoms. The number of H-pyrrole nitrogens is 2. The van der Waals surface area contributed by atoms with Gasteiger partial charge in [-0.3, -0.25) is 0 Å². The van der Waals surface area contributed by atoms with Gasteiger partial charge in [-0.1, -0.05) is 0 Å². The zero-order valence-corrected chi connectivity index (χ0v) is 11.3. The van der Waals surface area contributed by atoms with Crippen LogP contribution in [0.3, 0.4) is 0 Å². The molecule has 0 saturated carbocycles. The minimum atomic E-state index is -1.12. The van der Waals surface area contributed by atoms with Crippen molar-refractivity contribution in [3.05, 3.63) is 36.4 Å². The van der Waals surface area contributed by atoms with E-state index in [1.807, 2.05) is 0 Å². The highest BCUT2D eigenvalue weighted by molar-refractivity contribution is 5.82. The molecule has 2 aromatic rings. The number of carboxylic acid groups (broad SMARTS) is 1. The highest BCUT2D eigenvalue weighted by Gasteiger charge is 2.22. The molecule has 0 radical (unpaired) electrons. The molecule has 5 N–H and O–H groups in total. The first-order valence-corrected chi connectivity index (χ1v) is 6.32. The van der Waals surface area contributed by atoms with E-state index in [1.54, 1.807) is 19.3 Å². The lowest BCUT2D eigenvalue weighted by Gasteiger charge is -2.17. The Balaban J connectivity index is 1.90. The lowest BCUT2D eigenvalue weighted by atomic mass is 10.1. The summed E-state index contributed by atoms with van der Waals surface area (Å²) in [5.74, 6) is -0.531. The van der Waals surface area contributed by atoms with Gasteiger partial charge in [0.1, 0.15) is 11.9 Å². The summed E-state index contributed by atoms with van der Waals surface area (Å²) in [6, 6.07) is -1.98. The Hall–Kier alpha value is -2.84. The first kappa shape index (κ1) is 14.6. The van der Waals surface area contributed by atoms with E-state index >= 15 is 0 Å². The van der Waals surface area contributed by atoms with Gasteiger partial charge in [0.05, 0.1) is 12.4 Å². The first-order chi connectivity index (χ1) is 10.1. The normalized spacial score (nSPS) is 13.4. The largest absolute Gasteiger partial charge is 0.480 e. The zero-order valence-electron chi connectivity index (χ0n) is 11.3. The Labute approximate surface area is 120 Å². The van der Waals surface area contributed by atoms with Crippen LogP contribution >= 0.6 is 0 Å². The molecule has 2 aromatic heterocycles. The van der Waals surface area contributed by atoms with Crippen LogP contribution in [0, 0.1) is 0 Å². The third kappa shape index (κ3) is 4.06. The van der Waals surface area contributed by atoms with E-state index < -0.39 is 18.0 Å². The number of amides is 2. The Morgan fingerprint density at radius 3 is 2.76 bits per heavy atom. The number of aromatic nitrogens is 4. The predicted octanol–water partition coefficient (Wildman–Crippen LogP) is 0.189. The topological polar surface area (TPSA) is 136 Å². The van der Waals surface area contributed by atoms with Crippen LogP contribution in [0.15, 0.2) is 24.9 Å². The van der Waals surface area contributed by atoms with Crippen molar-refractivity contribution < 1.29 is 14.7 Å². The minimum Gasteiger partial charge on any atom is -0.480 e. The maximum absolute atomic E-state index is 11.8. The van der Waals surface area contributed by atoms with E-state index in [-0.39, 0.29) is 12.5 Å². The second-order valence-corrected chi connectivity index (χ2v) is 4.49. The molecule has 2 heterocycles. The van der Waals surface area contributed by atoms with Crippen molar-refractivity contribution >= 4 is 12.0 Å². The van der Waals surface area contributed by atoms with Gasteiger partial charge >= 0.3 is 12.0 Å². The van der Waals surface area contributed by atoms with Gasteiger partial charge in [-0.05, 0) is 6.92 Å². The van der Waals surface area contributed by atoms with E-state index in [9.17, 15) is 9.59 Å². The third-order valence-electron chi connectivity index (χ3n) is 2.86. The van der Waals surface area contributed by atoms with Gasteiger partial charge in [-0.15, -0.1) is 0 Å². The van der Waals surface area contributed by atoms with Crippen LogP contribution in [0.5, 0.6) is 0 Å². The number of imidazole rings is 2. The van der Waals surface area contributed by atoms with Gasteiger partial charge in [0.2, 0.25) is 0 Å². The summed E-state index contributed by atoms with van der Waals surface area (Å²) >= 11 is 0. The molecular formula is C12H16N6O3. The van der Waals surface area contributed by atoms with Gasteiger partial charge < -0.3 is 25.7 Å². The van der Waals surface area contributed by atoms with Crippen molar-refractivity contribution in [1.82, 2.24) is 30.6 Å². The van der Waals surface area contributed by atoms with E-state index in [0.717, 1.165) is 0 Å². The summed E-state index contributed by atoms with van der Waals surface area (Å²) in [6.45, 7) is 1.74. The van der Waals surface area contributed by atoms with E-state index in [2.05, 4.69) is 30.6 Å². The maximum Gasteiger partial charge on any atom is 0.326 e. The van der Waals surface area contributed by atoms with E-state index in [1.165, 1.54) is 12.5 Å². The SMILES string of the molecule is CC(NC(=O)NC(Cc1cnc[nH]1)C(=O)O)c1ncc[nH]1. The Bertz CT molecular complexity index is 580. The fourth-order valence-corrected chi connectivity index (χ4v) is 1.80. The third-order valence-corrected chi connectivity index (χ3v) is 2.86. The average Bonchev–Trinajstić information content (AvgIpc) is 3.10. The number of nitrogens with one attached hydrogen (secondary N) is 4. The summed E-state index contributed by atoms with van der Waals surface area (Å²) < 4.78 is 0. The molecule has 0 aliphatic carbocycles. The number of urea groups is 1. The fourth-order valence-electron chi connectivity index (χ4n) is 1.80. The predicted molar refractivity (Wildman–Crippen MR) is 72.4 cm³/mol. The van der Waals surface area contributed by atoms with Gasteiger partial charge in [-0.25, -0.2) is 19.6 Å². The summed E-state index contributed by atoms with van der Waals surface area (Å²) in [4.78, 5) is 36.5. The van der Waals surface area contributed by atoms with E-state index in [4.69, 9.17) is 5.11 Å². The standard InChI is InChI=1S/C12H16N6O3/c1-7(10-14-2-3-15-10)17-12(21)18-9(11(19)20)4-8-5-13-6-16-8/h2-3,5-7,9H,4H2,1H3,(H,13,16)(H,14,15)(H,19,20)(H2,17,18,21). The number of carbonyl (C=O) groups excluding carboxylic acids is 1. The van der Waals surface area contributed by atoms with Crippen LogP contribution in [0.1, 0.15) is 24.5 Å². The molecule has 0 aromatic carbocycles. The summed E-state index contributed by atoms with van der Waals surface area (Å²) in [6.07, 6.45) is 6.31. The molecule has 0 spiro atoms. The van der Waals surface area contributed by atoms with Crippen LogP contribution in [0.2, 0.25) is 0 Å². The van der Waals surface area contributed by atoms with Crippen molar-refractivity contribution in [3.63, 3.8) is 0 Å². The smallest absolute Gasteiger partial charge is 0.326 e. The van der Waals surface area contributed by atoms with Crippen molar-refractivity contribution in [2.75, 3.05) is 0 Å². The van der Waals surface area contributed by atoms with Gasteiger partial charge in [0.15, 0.2) is 0 Å². The quantitative estimate of drug-likeness (QED) is 0.517. The number of carbonyl (C=O) groups is 2. The highest BCUT2D eigenvalue weighted by atomic mass is 16.4. The van der Waals surface area contributed by atoms with Crippen molar-refractivity contribution in [2.24, 2.45) is 0 Å². The fraction of sp³-hybridized carbons (Fsp3) is 0.333. The molecule has 112 valence electrons. The molecule has 0 aliphatic rings. The average molecular weight is 292 g/mol. The van der Waals surface area contributed by atoms with Crippen molar-refractivity contribution in [3.8, 4) is 0 Å². The Morgan fingerprint density at radius 2 is 2.19 bits per heavy atom. The summed E-state index contributed by atoms with van der Waals surface area (Å²) in [5, 5.41) is 14.2. The van der Waals surface area contributed by atoms with Crippen LogP contribution in [0.4, 0.5) is 4.79 Å². The molecule has 9 nitrogen and oxygen atoms in total. The number of aliphatic carboxylic acids is 1. The van der Waals surface area contributed by atoms with Crippen LogP contribution in [-0.2, 0) is 11.2 Å². The Kier molecular flexibility index (Phi) is 4.54. The molecule has 2 unspecified atom stereocenters. The molecule has 0 saturated heterocycles. The molecule has 2 amide bonds. The molecular weight excluding hydrogens is 276 g/mol. The molecule has 0 bridgehead atoms. The van der Waals surface area contributed by atoms with Gasteiger partial charge in [0.25, 0.3) is 0 Å². The lowest BCUT2D eigenvalue weighted by Crippen LogP contribution is -2.47. The summed E-state index contributed by atoms with van der Waals surface area (Å²) in [7, 11) is 0. The molecule has 21 heavy (non-hydrogen) atoms. The molecule has 0 fully saturated rings. The first-order valence-electron chi connectivity index (χ1n) is 6.32. The number of rotatable bonds is 6. The minimum absolute atomic E-state index is 0.123. The second-order valence-electron chi connectivity index (χ2n) is 4.49. The van der Waals surface area contributed by atoms with Crippen molar-refractivity contribution in [2.45, 2.75) is 25.4 Å². The highest BCUT2D eigenvalue weighted by Crippen LogP contribution is 2.05. The monoisotopic (exact) mass is 292 g/mol. The molecule has 2 rings (SSSR count). The van der Waals surface area contributed by atoms with Crippen LogP contribution < -0.4 is 10.6 Å². The van der Waals surface area contributed by atoms with E-state index in [0.29, 0.717) is 11.5 Å².